The summed E-state index contributed by atoms with van der Waals surface area (Å²) in [6.45, 7) is 15.6. The summed E-state index contributed by atoms with van der Waals surface area (Å²) < 4.78 is 23.7. The number of hydrazone groups is 1. The third-order valence-electron chi connectivity index (χ3n) is 12.8. The molecule has 0 aromatic heterocycles. The first-order valence-corrected chi connectivity index (χ1v) is 22.1. The molecule has 0 saturated carbocycles. The quantitative estimate of drug-likeness (QED) is 0.105. The number of piperazine rings is 1. The molecule has 62 heavy (non-hydrogen) atoms. The Morgan fingerprint density at radius 3 is 2.40 bits per heavy atom. The lowest BCUT2D eigenvalue weighted by Crippen LogP contribution is -2.55. The van der Waals surface area contributed by atoms with E-state index in [9.17, 15) is 39.9 Å². The zero-order chi connectivity index (χ0) is 45.4. The van der Waals surface area contributed by atoms with E-state index in [0.717, 1.165) is 24.6 Å². The van der Waals surface area contributed by atoms with Gasteiger partial charge in [0, 0.05) is 98.3 Å². The van der Waals surface area contributed by atoms with Crippen LogP contribution in [-0.4, -0.2) is 140 Å². The summed E-state index contributed by atoms with van der Waals surface area (Å²) in [6.07, 6.45) is 4.95. The first kappa shape index (κ1) is 46.7. The molecule has 17 heteroatoms. The summed E-state index contributed by atoms with van der Waals surface area (Å²) in [7, 11) is 1.44. The van der Waals surface area contributed by atoms with Crippen LogP contribution in [0, 0.1) is 30.6 Å². The Kier molecular flexibility index (Phi) is 14.2. The fourth-order valence-corrected chi connectivity index (χ4v) is 9.97. The number of thioether (sulfide) groups is 1. The lowest BCUT2D eigenvalue weighted by molar-refractivity contribution is -0.160. The van der Waals surface area contributed by atoms with Gasteiger partial charge in [0.25, 0.3) is 11.7 Å². The number of aliphatic hydroxyl groups excluding tert-OH is 2. The molecule has 2 fully saturated rings. The summed E-state index contributed by atoms with van der Waals surface area (Å²) in [6, 6.07) is 0.268. The Hall–Kier alpha value is -4.81. The number of nitrogens with one attached hydrogen (secondary N) is 1. The van der Waals surface area contributed by atoms with Crippen LogP contribution in [0.4, 0.5) is 5.69 Å². The molecular weight excluding hydrogens is 821 g/mol. The minimum Gasteiger partial charge on any atom is -0.507 e. The van der Waals surface area contributed by atoms with Gasteiger partial charge in [0.2, 0.25) is 0 Å². The van der Waals surface area contributed by atoms with Crippen molar-refractivity contribution in [1.29, 1.82) is 0 Å². The van der Waals surface area contributed by atoms with Crippen LogP contribution >= 0.6 is 11.8 Å². The molecule has 0 radical (unpaired) electrons. The molecule has 5 bridgehead atoms. The van der Waals surface area contributed by atoms with E-state index >= 15 is 0 Å². The maximum atomic E-state index is 14.5. The van der Waals surface area contributed by atoms with E-state index in [1.54, 1.807) is 39.8 Å². The molecule has 2 aromatic rings. The average molecular weight is 881 g/mol. The number of Topliss-reactive ketones (excluding diaryl/α,β-unsaturated/α-hetero) is 1. The van der Waals surface area contributed by atoms with Gasteiger partial charge in [-0.25, -0.2) is 0 Å². The number of nitrogens with zero attached hydrogens (tertiary/aromatic N) is 3. The molecule has 7 rings (SSSR count). The van der Waals surface area contributed by atoms with Gasteiger partial charge in [0.1, 0.15) is 23.4 Å². The lowest BCUT2D eigenvalue weighted by Gasteiger charge is -2.42. The third-order valence-corrected chi connectivity index (χ3v) is 13.9. The van der Waals surface area contributed by atoms with E-state index in [0.29, 0.717) is 13.1 Å². The van der Waals surface area contributed by atoms with E-state index in [1.165, 1.54) is 59.4 Å². The van der Waals surface area contributed by atoms with Crippen LogP contribution in [0.1, 0.15) is 70.0 Å². The second-order valence-corrected chi connectivity index (χ2v) is 18.2. The first-order valence-electron chi connectivity index (χ1n) is 21.0. The van der Waals surface area contributed by atoms with E-state index in [1.807, 2.05) is 16.8 Å². The number of aromatic hydroxyl groups is 3. The van der Waals surface area contributed by atoms with Crippen LogP contribution in [0.15, 0.2) is 41.2 Å². The topological polar surface area (TPSA) is 220 Å². The van der Waals surface area contributed by atoms with Gasteiger partial charge in [-0.15, -0.1) is 0 Å². The number of esters is 1. The molecule has 5 aliphatic rings. The predicted octanol–water partition coefficient (Wildman–Crippen LogP) is 4.82. The largest absolute Gasteiger partial charge is 0.507 e. The van der Waals surface area contributed by atoms with Crippen molar-refractivity contribution in [3.63, 3.8) is 0 Å². The van der Waals surface area contributed by atoms with Crippen molar-refractivity contribution in [1.82, 2.24) is 9.91 Å². The zero-order valence-electron chi connectivity index (χ0n) is 36.7. The molecule has 0 aliphatic carbocycles. The van der Waals surface area contributed by atoms with Gasteiger partial charge in [-0.05, 0) is 19.9 Å². The monoisotopic (exact) mass is 880 g/mol. The van der Waals surface area contributed by atoms with Crippen LogP contribution in [0.3, 0.4) is 0 Å². The highest BCUT2D eigenvalue weighted by molar-refractivity contribution is 7.99. The van der Waals surface area contributed by atoms with E-state index in [2.05, 4.69) is 10.2 Å². The van der Waals surface area contributed by atoms with E-state index in [4.69, 9.17) is 24.0 Å². The molecule has 16 nitrogen and oxygen atoms in total. The fourth-order valence-electron chi connectivity index (χ4n) is 8.85. The smallest absolute Gasteiger partial charge is 0.312 e. The number of aliphatic hydroxyl groups is 2. The Balaban J connectivity index is 1.50. The molecule has 1 unspecified atom stereocenters. The molecule has 2 aromatic carbocycles. The normalized spacial score (nSPS) is 33.4. The van der Waals surface area contributed by atoms with Crippen molar-refractivity contribution in [2.75, 3.05) is 50.1 Å². The first-order chi connectivity index (χ1) is 29.3. The van der Waals surface area contributed by atoms with Gasteiger partial charge in [0.15, 0.2) is 5.75 Å². The van der Waals surface area contributed by atoms with Crippen LogP contribution < -0.4 is 10.1 Å². The molecule has 5 heterocycles. The SMILES string of the molecule is CO[C@H]1/C=C/O[C@@]2(C)Oc3c(C)c(O)c4c(O)c(c(/C=N/N5CCN6CCSCC6C5)c(O)c4c3C2=O)NC(=O)/C(C)=C\C=C\[C@H](C)[C@H](O)[C@@H](C)[C@@H](O)[C@@H](C)[C@H](OC(C)=O)[C@@H]1C. The number of anilines is 1. The number of phenolic OH excluding ortho intramolecular Hbond substituents is 3. The number of fused-ring (bicyclic) bond motifs is 15. The van der Waals surface area contributed by atoms with Gasteiger partial charge in [-0.3, -0.25) is 24.3 Å². The van der Waals surface area contributed by atoms with Gasteiger partial charge in [-0.1, -0.05) is 45.9 Å². The number of benzene rings is 2. The number of rotatable bonds is 4. The zero-order valence-corrected chi connectivity index (χ0v) is 37.6. The molecule has 1 amide bonds. The number of carbonyl (C=O) groups is 3. The fraction of sp³-hybridized carbons (Fsp3) is 0.556. The number of methoxy groups -OCH3 is 1. The number of hydrogen-bond acceptors (Lipinski definition) is 16. The van der Waals surface area contributed by atoms with E-state index in [-0.39, 0.29) is 50.5 Å². The van der Waals surface area contributed by atoms with Crippen LogP contribution in [0.2, 0.25) is 0 Å². The van der Waals surface area contributed by atoms with Crippen LogP contribution in [0.25, 0.3) is 10.8 Å². The van der Waals surface area contributed by atoms with Gasteiger partial charge in [0.05, 0.1) is 59.5 Å². The summed E-state index contributed by atoms with van der Waals surface area (Å²) in [5.41, 5.74) is -0.304. The molecule has 2 saturated heterocycles. The van der Waals surface area contributed by atoms with Crippen LogP contribution in [-0.2, 0) is 23.8 Å². The summed E-state index contributed by atoms with van der Waals surface area (Å²) in [4.78, 5) is 43.2. The number of carbonyl (C=O) groups excluding carboxylic acids is 3. The number of ketones is 1. The number of ether oxygens (including phenoxy) is 4. The number of allylic oxidation sites excluding steroid dienone is 2. The van der Waals surface area contributed by atoms with Crippen molar-refractivity contribution >= 4 is 52.1 Å². The second kappa shape index (κ2) is 18.9. The Morgan fingerprint density at radius 1 is 0.984 bits per heavy atom. The van der Waals surface area contributed by atoms with Gasteiger partial charge < -0.3 is 49.8 Å². The van der Waals surface area contributed by atoms with E-state index < -0.39 is 88.8 Å². The van der Waals surface area contributed by atoms with Crippen molar-refractivity contribution in [3.8, 4) is 23.0 Å². The minimum absolute atomic E-state index is 0.0613. The highest BCUT2D eigenvalue weighted by Crippen LogP contribution is 2.55. The summed E-state index contributed by atoms with van der Waals surface area (Å²) in [5, 5.41) is 67.6. The highest BCUT2D eigenvalue weighted by atomic mass is 32.2. The molecule has 5 aliphatic heterocycles. The number of phenols is 3. The summed E-state index contributed by atoms with van der Waals surface area (Å²) >= 11 is 1.87. The highest BCUT2D eigenvalue weighted by Gasteiger charge is 2.50. The minimum atomic E-state index is -2.04. The van der Waals surface area contributed by atoms with Crippen molar-refractivity contribution in [2.45, 2.75) is 91.6 Å². The van der Waals surface area contributed by atoms with Crippen LogP contribution in [0.5, 0.6) is 23.0 Å². The number of hydrogen-bond donors (Lipinski definition) is 6. The maximum absolute atomic E-state index is 14.5. The van der Waals surface area contributed by atoms with Crippen molar-refractivity contribution in [2.24, 2.45) is 28.8 Å². The lowest BCUT2D eigenvalue weighted by atomic mass is 9.78. The molecular formula is C45H60N4O12S. The molecule has 6 N–H and O–H groups in total. The van der Waals surface area contributed by atoms with Crippen molar-refractivity contribution in [3.05, 3.63) is 52.8 Å². The second-order valence-electron chi connectivity index (χ2n) is 17.0. The third kappa shape index (κ3) is 9.00. The Bertz CT molecular complexity index is 2190. The molecule has 338 valence electrons. The Morgan fingerprint density at radius 2 is 1.71 bits per heavy atom. The predicted molar refractivity (Wildman–Crippen MR) is 236 cm³/mol. The molecule has 0 spiro atoms. The van der Waals surface area contributed by atoms with Crippen molar-refractivity contribution < 1.29 is 58.9 Å². The average Bonchev–Trinajstić information content (AvgIpc) is 3.51. The Labute approximate surface area is 366 Å². The summed E-state index contributed by atoms with van der Waals surface area (Å²) in [5.74, 6) is -6.30. The van der Waals surface area contributed by atoms with Gasteiger partial charge in [-0.2, -0.15) is 16.9 Å². The molecule has 10 atom stereocenters. The standard InChI is InChI=1S/C45H60N4O12S/c1-22-11-10-12-23(2)44(57)47-35-30(19-46-49-15-14-48-16-18-62-21-29(48)20-49)39(54)32-33(40(35)55)38(53)27(6)42-34(32)43(56)45(8,61-42)59-17-13-31(58-9)24(3)41(60-28(7)50)26(5)37(52)25(4)36(22)51/h10-13,17,19,22,24-26,29,31,36-37,41,51-55H,14-16,18,20-21H2,1-9H3,(H,47,57)/b11-10+,17-13+,23-12-,46-19+/t22-,24+,25+,26+,29?,31-,36-,37+,41+,45-/m0/s1. The van der Waals surface area contributed by atoms with Gasteiger partial charge >= 0.3 is 11.8 Å². The number of amides is 1. The maximum Gasteiger partial charge on any atom is 0.312 e.